The van der Waals surface area contributed by atoms with Crippen molar-refractivity contribution in [3.05, 3.63) is 48.2 Å². The summed E-state index contributed by atoms with van der Waals surface area (Å²) in [4.78, 5) is 21.5. The van der Waals surface area contributed by atoms with Crippen molar-refractivity contribution < 1.29 is 14.3 Å². The molecular formula is C26H36N4O3. The Morgan fingerprint density at radius 1 is 1.00 bits per heavy atom. The van der Waals surface area contributed by atoms with Gasteiger partial charge in [0.15, 0.2) is 11.5 Å². The van der Waals surface area contributed by atoms with E-state index in [1.54, 1.807) is 0 Å². The van der Waals surface area contributed by atoms with Crippen LogP contribution < -0.4 is 19.7 Å². The average molecular weight is 453 g/mol. The number of amides is 2. The third-order valence-electron chi connectivity index (χ3n) is 6.35. The van der Waals surface area contributed by atoms with Crippen LogP contribution in [0.25, 0.3) is 0 Å². The van der Waals surface area contributed by atoms with Gasteiger partial charge in [-0.2, -0.15) is 0 Å². The molecule has 2 aliphatic heterocycles. The predicted molar refractivity (Wildman–Crippen MR) is 130 cm³/mol. The first-order valence-corrected chi connectivity index (χ1v) is 12.3. The van der Waals surface area contributed by atoms with Crippen LogP contribution in [0.2, 0.25) is 0 Å². The molecular weight excluding hydrogens is 416 g/mol. The maximum Gasteiger partial charge on any atom is 0.317 e. The summed E-state index contributed by atoms with van der Waals surface area (Å²) in [6.45, 7) is 6.59. The van der Waals surface area contributed by atoms with Crippen LogP contribution in [0.4, 0.5) is 10.6 Å². The zero-order chi connectivity index (χ0) is 22.9. The number of nitrogens with zero attached hydrogens (tertiary/aromatic N) is 3. The lowest BCUT2D eigenvalue weighted by Crippen LogP contribution is -2.46. The van der Waals surface area contributed by atoms with E-state index < -0.39 is 0 Å². The highest BCUT2D eigenvalue weighted by molar-refractivity contribution is 5.74. The Bertz CT molecular complexity index is 873. The summed E-state index contributed by atoms with van der Waals surface area (Å²) in [5.74, 6) is 2.59. The molecule has 2 aromatic rings. The first-order chi connectivity index (χ1) is 16.2. The fraction of sp³-hybridized carbons (Fsp3) is 0.538. The Morgan fingerprint density at radius 3 is 2.39 bits per heavy atom. The molecule has 0 radical (unpaired) electrons. The van der Waals surface area contributed by atoms with Crippen molar-refractivity contribution in [3.63, 3.8) is 0 Å². The first-order valence-electron chi connectivity index (χ1n) is 12.3. The summed E-state index contributed by atoms with van der Waals surface area (Å²) in [5.41, 5.74) is 1.02. The minimum Gasteiger partial charge on any atom is -0.490 e. The highest BCUT2D eigenvalue weighted by atomic mass is 16.5. The Kier molecular flexibility index (Phi) is 8.28. The monoisotopic (exact) mass is 452 g/mol. The number of likely N-dealkylation sites (tertiary alicyclic amines) is 1. The van der Waals surface area contributed by atoms with Crippen LogP contribution in [-0.2, 0) is 6.54 Å². The third kappa shape index (κ3) is 6.53. The standard InChI is InChI=1S/C26H36N4O3/c1-2-32-23-9-5-6-10-24(23)33-22-13-17-30(18-14-22)26(31)28-20-21-11-12-25(27-19-21)29-15-7-3-4-8-16-29/h5-6,9-12,19,22H,2-4,7-8,13-18,20H2,1H3,(H,28,31). The highest BCUT2D eigenvalue weighted by Crippen LogP contribution is 2.29. The van der Waals surface area contributed by atoms with Crippen molar-refractivity contribution in [2.75, 3.05) is 37.7 Å². The van der Waals surface area contributed by atoms with E-state index >= 15 is 0 Å². The number of hydrogen-bond donors (Lipinski definition) is 1. The van der Waals surface area contributed by atoms with Crippen LogP contribution in [0.1, 0.15) is 51.0 Å². The van der Waals surface area contributed by atoms with Crippen molar-refractivity contribution in [1.82, 2.24) is 15.2 Å². The largest absolute Gasteiger partial charge is 0.490 e. The zero-order valence-corrected chi connectivity index (χ0v) is 19.7. The molecule has 2 amide bonds. The maximum atomic E-state index is 12.7. The molecule has 7 nitrogen and oxygen atoms in total. The molecule has 7 heteroatoms. The maximum absolute atomic E-state index is 12.7. The van der Waals surface area contributed by atoms with E-state index in [9.17, 15) is 4.79 Å². The summed E-state index contributed by atoms with van der Waals surface area (Å²) < 4.78 is 11.8. The molecule has 2 saturated heterocycles. The number of benzene rings is 1. The Balaban J connectivity index is 1.21. The highest BCUT2D eigenvalue weighted by Gasteiger charge is 2.24. The Labute approximate surface area is 197 Å². The minimum atomic E-state index is -0.0280. The molecule has 3 heterocycles. The van der Waals surface area contributed by atoms with Crippen LogP contribution >= 0.6 is 0 Å². The van der Waals surface area contributed by atoms with Crippen molar-refractivity contribution >= 4 is 11.8 Å². The summed E-state index contributed by atoms with van der Waals surface area (Å²) in [7, 11) is 0. The van der Waals surface area contributed by atoms with Gasteiger partial charge in [0.1, 0.15) is 11.9 Å². The van der Waals surface area contributed by atoms with E-state index in [1.165, 1.54) is 25.7 Å². The van der Waals surface area contributed by atoms with Crippen LogP contribution in [0.15, 0.2) is 42.6 Å². The number of para-hydroxylation sites is 2. The number of carbonyl (C=O) groups excluding carboxylic acids is 1. The molecule has 0 bridgehead atoms. The smallest absolute Gasteiger partial charge is 0.317 e. The molecule has 0 saturated carbocycles. The lowest BCUT2D eigenvalue weighted by Gasteiger charge is -2.32. The number of ether oxygens (including phenoxy) is 2. The van der Waals surface area contributed by atoms with Gasteiger partial charge in [-0.25, -0.2) is 9.78 Å². The van der Waals surface area contributed by atoms with Gasteiger partial charge >= 0.3 is 6.03 Å². The van der Waals surface area contributed by atoms with Crippen molar-refractivity contribution in [2.45, 2.75) is 58.1 Å². The number of anilines is 1. The molecule has 2 aliphatic rings. The van der Waals surface area contributed by atoms with Crippen molar-refractivity contribution in [3.8, 4) is 11.5 Å². The lowest BCUT2D eigenvalue weighted by atomic mass is 10.1. The number of carbonyl (C=O) groups is 1. The number of pyridine rings is 1. The van der Waals surface area contributed by atoms with Gasteiger partial charge in [-0.15, -0.1) is 0 Å². The second kappa shape index (κ2) is 11.8. The summed E-state index contributed by atoms with van der Waals surface area (Å²) >= 11 is 0. The molecule has 4 rings (SSSR count). The van der Waals surface area contributed by atoms with E-state index in [2.05, 4.69) is 27.3 Å². The number of piperidine rings is 1. The van der Waals surface area contributed by atoms with Crippen LogP contribution in [0, 0.1) is 0 Å². The quantitative estimate of drug-likeness (QED) is 0.664. The topological polar surface area (TPSA) is 66.9 Å². The molecule has 2 fully saturated rings. The molecule has 33 heavy (non-hydrogen) atoms. The minimum absolute atomic E-state index is 0.0280. The van der Waals surface area contributed by atoms with E-state index in [0.717, 1.165) is 48.8 Å². The second-order valence-electron chi connectivity index (χ2n) is 8.77. The SMILES string of the molecule is CCOc1ccccc1OC1CCN(C(=O)NCc2ccc(N3CCCCCC3)nc2)CC1. The molecule has 1 aromatic carbocycles. The summed E-state index contributed by atoms with van der Waals surface area (Å²) in [6, 6.07) is 11.9. The second-order valence-corrected chi connectivity index (χ2v) is 8.77. The van der Waals surface area contributed by atoms with E-state index in [4.69, 9.17) is 9.47 Å². The third-order valence-corrected chi connectivity index (χ3v) is 6.35. The average Bonchev–Trinajstić information content (AvgIpc) is 3.14. The van der Waals surface area contributed by atoms with Gasteiger partial charge in [0.2, 0.25) is 0 Å². The Morgan fingerprint density at radius 2 is 1.73 bits per heavy atom. The van der Waals surface area contributed by atoms with Crippen LogP contribution in [-0.4, -0.2) is 54.8 Å². The number of aromatic nitrogens is 1. The fourth-order valence-electron chi connectivity index (χ4n) is 4.48. The van der Waals surface area contributed by atoms with Crippen LogP contribution in [0.3, 0.4) is 0 Å². The van der Waals surface area contributed by atoms with Gasteiger partial charge in [0.25, 0.3) is 0 Å². The molecule has 0 unspecified atom stereocenters. The lowest BCUT2D eigenvalue weighted by molar-refractivity contribution is 0.107. The van der Waals surface area contributed by atoms with Crippen molar-refractivity contribution in [1.29, 1.82) is 0 Å². The van der Waals surface area contributed by atoms with Crippen molar-refractivity contribution in [2.24, 2.45) is 0 Å². The number of hydrogen-bond acceptors (Lipinski definition) is 5. The molecule has 178 valence electrons. The number of urea groups is 1. The van der Waals surface area contributed by atoms with E-state index in [1.807, 2.05) is 42.3 Å². The molecule has 1 aromatic heterocycles. The fourth-order valence-corrected chi connectivity index (χ4v) is 4.48. The van der Waals surface area contributed by atoms with E-state index in [0.29, 0.717) is 26.2 Å². The van der Waals surface area contributed by atoms with Crippen LogP contribution in [0.5, 0.6) is 11.5 Å². The van der Waals surface area contributed by atoms with Gasteiger partial charge in [-0.3, -0.25) is 0 Å². The van der Waals surface area contributed by atoms with Gasteiger partial charge in [-0.1, -0.05) is 31.0 Å². The number of rotatable bonds is 7. The van der Waals surface area contributed by atoms with E-state index in [-0.39, 0.29) is 12.1 Å². The van der Waals surface area contributed by atoms with Gasteiger partial charge in [-0.05, 0) is 43.5 Å². The van der Waals surface area contributed by atoms with Gasteiger partial charge in [0, 0.05) is 51.8 Å². The zero-order valence-electron chi connectivity index (χ0n) is 19.7. The summed E-state index contributed by atoms with van der Waals surface area (Å²) in [5, 5.41) is 3.04. The predicted octanol–water partition coefficient (Wildman–Crippen LogP) is 4.61. The Hall–Kier alpha value is -2.96. The van der Waals surface area contributed by atoms with Gasteiger partial charge < -0.3 is 24.6 Å². The number of nitrogens with one attached hydrogen (secondary N) is 1. The normalized spacial score (nSPS) is 17.4. The molecule has 0 atom stereocenters. The van der Waals surface area contributed by atoms with Gasteiger partial charge in [0.05, 0.1) is 6.61 Å². The molecule has 0 spiro atoms. The summed E-state index contributed by atoms with van der Waals surface area (Å²) in [6.07, 6.45) is 8.68. The molecule has 0 aliphatic carbocycles. The molecule has 1 N–H and O–H groups in total. The first kappa shape index (κ1) is 23.2.